The highest BCUT2D eigenvalue weighted by Crippen LogP contribution is 2.17. The molecule has 1 aromatic rings. The standard InChI is InChI=1S/C13H16N2O3/c1-15(8-12(16)17)13(18)11-6-9-4-2-3-5-10(9)7-14-11/h2-5,11,14H,6-8H2,1H3,(H,16,17)/t11-/m0/s1. The van der Waals surface area contributed by atoms with Crippen molar-refractivity contribution in [1.82, 2.24) is 10.2 Å². The zero-order valence-electron chi connectivity index (χ0n) is 10.2. The van der Waals surface area contributed by atoms with Crippen molar-refractivity contribution in [2.45, 2.75) is 19.0 Å². The van der Waals surface area contributed by atoms with Crippen LogP contribution in [0.15, 0.2) is 24.3 Å². The lowest BCUT2D eigenvalue weighted by Gasteiger charge is -2.28. The van der Waals surface area contributed by atoms with Gasteiger partial charge >= 0.3 is 5.97 Å². The molecule has 0 aromatic heterocycles. The summed E-state index contributed by atoms with van der Waals surface area (Å²) in [6.45, 7) is 0.381. The fraction of sp³-hybridized carbons (Fsp3) is 0.385. The molecule has 0 unspecified atom stereocenters. The van der Waals surface area contributed by atoms with E-state index >= 15 is 0 Å². The zero-order chi connectivity index (χ0) is 13.1. The van der Waals surface area contributed by atoms with Crippen molar-refractivity contribution in [3.05, 3.63) is 35.4 Å². The largest absolute Gasteiger partial charge is 0.480 e. The van der Waals surface area contributed by atoms with E-state index in [1.54, 1.807) is 0 Å². The molecule has 0 saturated heterocycles. The summed E-state index contributed by atoms with van der Waals surface area (Å²) in [5.41, 5.74) is 2.35. The quantitative estimate of drug-likeness (QED) is 0.804. The number of nitrogens with zero attached hydrogens (tertiary/aromatic N) is 1. The van der Waals surface area contributed by atoms with E-state index in [-0.39, 0.29) is 18.5 Å². The van der Waals surface area contributed by atoms with Gasteiger partial charge in [-0.1, -0.05) is 24.3 Å². The Morgan fingerprint density at radius 1 is 1.39 bits per heavy atom. The predicted octanol–water partition coefficient (Wildman–Crippen LogP) is 0.244. The fourth-order valence-corrected chi connectivity index (χ4v) is 2.18. The number of carboxylic acids is 1. The first-order valence-electron chi connectivity index (χ1n) is 5.85. The van der Waals surface area contributed by atoms with Crippen molar-refractivity contribution in [2.75, 3.05) is 13.6 Å². The Balaban J connectivity index is 2.04. The Bertz CT molecular complexity index is 473. The molecule has 1 heterocycles. The Morgan fingerprint density at radius 2 is 2.06 bits per heavy atom. The summed E-state index contributed by atoms with van der Waals surface area (Å²) < 4.78 is 0. The lowest BCUT2D eigenvalue weighted by Crippen LogP contribution is -2.49. The van der Waals surface area contributed by atoms with Gasteiger partial charge in [0.05, 0.1) is 6.04 Å². The molecule has 1 atom stereocenters. The van der Waals surface area contributed by atoms with Crippen LogP contribution in [-0.4, -0.2) is 41.5 Å². The summed E-state index contributed by atoms with van der Waals surface area (Å²) >= 11 is 0. The van der Waals surface area contributed by atoms with Crippen molar-refractivity contribution in [2.24, 2.45) is 0 Å². The molecule has 2 rings (SSSR count). The number of amides is 1. The maximum absolute atomic E-state index is 12.0. The molecule has 0 saturated carbocycles. The van der Waals surface area contributed by atoms with Crippen LogP contribution in [0.2, 0.25) is 0 Å². The SMILES string of the molecule is CN(CC(=O)O)C(=O)[C@@H]1Cc2ccccc2CN1. The molecular weight excluding hydrogens is 232 g/mol. The topological polar surface area (TPSA) is 69.6 Å². The van der Waals surface area contributed by atoms with Crippen molar-refractivity contribution in [3.63, 3.8) is 0 Å². The van der Waals surface area contributed by atoms with E-state index in [1.165, 1.54) is 17.5 Å². The van der Waals surface area contributed by atoms with Crippen LogP contribution in [0.5, 0.6) is 0 Å². The van der Waals surface area contributed by atoms with E-state index in [2.05, 4.69) is 5.32 Å². The van der Waals surface area contributed by atoms with Crippen molar-refractivity contribution in [1.29, 1.82) is 0 Å². The van der Waals surface area contributed by atoms with Gasteiger partial charge in [0, 0.05) is 13.6 Å². The third-order valence-electron chi connectivity index (χ3n) is 3.13. The first kappa shape index (κ1) is 12.6. The molecule has 0 spiro atoms. The molecule has 5 nitrogen and oxygen atoms in total. The lowest BCUT2D eigenvalue weighted by molar-refractivity contribution is -0.144. The van der Waals surface area contributed by atoms with Gasteiger partial charge in [-0.25, -0.2) is 0 Å². The van der Waals surface area contributed by atoms with Crippen LogP contribution in [0.3, 0.4) is 0 Å². The third-order valence-corrected chi connectivity index (χ3v) is 3.13. The summed E-state index contributed by atoms with van der Waals surface area (Å²) in [5, 5.41) is 11.8. The number of nitrogens with one attached hydrogen (secondary N) is 1. The normalized spacial score (nSPS) is 17.9. The number of carboxylic acid groups (broad SMARTS) is 1. The van der Waals surface area contributed by atoms with E-state index in [1.807, 2.05) is 24.3 Å². The van der Waals surface area contributed by atoms with Crippen LogP contribution in [0.4, 0.5) is 0 Å². The van der Waals surface area contributed by atoms with Gasteiger partial charge in [0.25, 0.3) is 0 Å². The van der Waals surface area contributed by atoms with Crippen LogP contribution in [0, 0.1) is 0 Å². The first-order chi connectivity index (χ1) is 8.58. The van der Waals surface area contributed by atoms with Crippen molar-refractivity contribution >= 4 is 11.9 Å². The third kappa shape index (κ3) is 2.68. The van der Waals surface area contributed by atoms with Gasteiger partial charge in [0.1, 0.15) is 6.54 Å². The van der Waals surface area contributed by atoms with Crippen molar-refractivity contribution in [3.8, 4) is 0 Å². The van der Waals surface area contributed by atoms with Gasteiger partial charge in [-0.2, -0.15) is 0 Å². The van der Waals surface area contributed by atoms with E-state index in [9.17, 15) is 9.59 Å². The fourth-order valence-electron chi connectivity index (χ4n) is 2.18. The number of carbonyl (C=O) groups excluding carboxylic acids is 1. The zero-order valence-corrected chi connectivity index (χ0v) is 10.2. The molecule has 1 aliphatic heterocycles. The minimum atomic E-state index is -0.998. The molecule has 1 aromatic carbocycles. The average molecular weight is 248 g/mol. The number of carbonyl (C=O) groups is 2. The Labute approximate surface area is 105 Å². The molecule has 96 valence electrons. The highest BCUT2D eigenvalue weighted by atomic mass is 16.4. The predicted molar refractivity (Wildman–Crippen MR) is 66.0 cm³/mol. The summed E-state index contributed by atoms with van der Waals surface area (Å²) in [7, 11) is 1.51. The Morgan fingerprint density at radius 3 is 2.72 bits per heavy atom. The molecule has 1 amide bonds. The molecule has 0 radical (unpaired) electrons. The second-order valence-corrected chi connectivity index (χ2v) is 4.49. The van der Waals surface area contributed by atoms with Crippen LogP contribution < -0.4 is 5.32 Å². The smallest absolute Gasteiger partial charge is 0.323 e. The van der Waals surface area contributed by atoms with E-state index in [0.29, 0.717) is 13.0 Å². The highest BCUT2D eigenvalue weighted by molar-refractivity contribution is 5.85. The number of hydrogen-bond donors (Lipinski definition) is 2. The number of aliphatic carboxylic acids is 1. The molecule has 1 aliphatic rings. The van der Waals surface area contributed by atoms with Gasteiger partial charge in [-0.05, 0) is 17.5 Å². The number of benzene rings is 1. The van der Waals surface area contributed by atoms with Gasteiger partial charge < -0.3 is 15.3 Å². The van der Waals surface area contributed by atoms with E-state index < -0.39 is 5.97 Å². The monoisotopic (exact) mass is 248 g/mol. The van der Waals surface area contributed by atoms with Gasteiger partial charge in [0.2, 0.25) is 5.91 Å². The summed E-state index contributed by atoms with van der Waals surface area (Å²) in [5.74, 6) is -1.17. The van der Waals surface area contributed by atoms with Gasteiger partial charge in [0.15, 0.2) is 0 Å². The number of rotatable bonds is 3. The Kier molecular flexibility index (Phi) is 3.62. The second kappa shape index (κ2) is 5.18. The lowest BCUT2D eigenvalue weighted by atomic mass is 9.95. The Hall–Kier alpha value is -1.88. The minimum absolute atomic E-state index is 0.174. The molecular formula is C13H16N2O3. The maximum atomic E-state index is 12.0. The van der Waals surface area contributed by atoms with Crippen LogP contribution >= 0.6 is 0 Å². The van der Waals surface area contributed by atoms with Crippen LogP contribution in [0.25, 0.3) is 0 Å². The van der Waals surface area contributed by atoms with E-state index in [4.69, 9.17) is 5.11 Å². The number of hydrogen-bond acceptors (Lipinski definition) is 3. The molecule has 2 N–H and O–H groups in total. The van der Waals surface area contributed by atoms with Crippen molar-refractivity contribution < 1.29 is 14.7 Å². The highest BCUT2D eigenvalue weighted by Gasteiger charge is 2.26. The maximum Gasteiger partial charge on any atom is 0.323 e. The summed E-state index contributed by atoms with van der Waals surface area (Å²) in [6, 6.07) is 7.63. The van der Waals surface area contributed by atoms with Crippen LogP contribution in [0.1, 0.15) is 11.1 Å². The second-order valence-electron chi connectivity index (χ2n) is 4.49. The molecule has 0 aliphatic carbocycles. The van der Waals surface area contributed by atoms with E-state index in [0.717, 1.165) is 5.56 Å². The van der Waals surface area contributed by atoms with Crippen LogP contribution in [-0.2, 0) is 22.6 Å². The van der Waals surface area contributed by atoms with Gasteiger partial charge in [-0.3, -0.25) is 9.59 Å². The molecule has 5 heteroatoms. The summed E-state index contributed by atoms with van der Waals surface area (Å²) in [4.78, 5) is 23.9. The molecule has 0 bridgehead atoms. The summed E-state index contributed by atoms with van der Waals surface area (Å²) in [6.07, 6.45) is 0.610. The first-order valence-corrected chi connectivity index (χ1v) is 5.85. The minimum Gasteiger partial charge on any atom is -0.480 e. The molecule has 0 fully saturated rings. The number of likely N-dealkylation sites (N-methyl/N-ethyl adjacent to an activating group) is 1. The number of fused-ring (bicyclic) bond motifs is 1. The van der Waals surface area contributed by atoms with Gasteiger partial charge in [-0.15, -0.1) is 0 Å². The molecule has 18 heavy (non-hydrogen) atoms. The average Bonchev–Trinajstić information content (AvgIpc) is 2.36.